The first kappa shape index (κ1) is 28.2. The second-order valence-corrected chi connectivity index (χ2v) is 10.0. The van der Waals surface area contributed by atoms with Crippen molar-refractivity contribution >= 4 is 13.7 Å². The third-order valence-corrected chi connectivity index (χ3v) is 7.20. The van der Waals surface area contributed by atoms with Crippen LogP contribution >= 0.6 is 7.60 Å². The molecule has 1 aromatic carbocycles. The molecule has 0 amide bonds. The number of nitrogens with zero attached hydrogens (tertiary/aromatic N) is 2. The summed E-state index contributed by atoms with van der Waals surface area (Å²) in [7, 11) is -1.78. The molecule has 3 heterocycles. The monoisotopic (exact) mass is 554 g/mol. The van der Waals surface area contributed by atoms with E-state index in [1.165, 1.54) is 5.82 Å². The van der Waals surface area contributed by atoms with Crippen molar-refractivity contribution in [3.63, 3.8) is 0 Å². The molecule has 4 rings (SSSR count). The predicted molar refractivity (Wildman–Crippen MR) is 145 cm³/mol. The summed E-state index contributed by atoms with van der Waals surface area (Å²) >= 11 is 0. The maximum absolute atomic E-state index is 12.8. The van der Waals surface area contributed by atoms with E-state index >= 15 is 0 Å². The molecule has 0 saturated carbocycles. The van der Waals surface area contributed by atoms with Gasteiger partial charge < -0.3 is 32.1 Å². The molecule has 0 aliphatic rings. The van der Waals surface area contributed by atoms with Crippen LogP contribution in [0.3, 0.4) is 0 Å². The summed E-state index contributed by atoms with van der Waals surface area (Å²) in [6, 6.07) is 12.6. The number of rotatable bonds is 14. The van der Waals surface area contributed by atoms with Gasteiger partial charge in [0.15, 0.2) is 17.3 Å². The van der Waals surface area contributed by atoms with E-state index in [1.807, 2.05) is 25.1 Å². The number of oxazole rings is 1. The molecule has 0 spiro atoms. The Morgan fingerprint density at radius 3 is 2.54 bits per heavy atom. The van der Waals surface area contributed by atoms with Crippen LogP contribution in [0.5, 0.6) is 17.4 Å². The maximum Gasteiger partial charge on any atom is 0.354 e. The number of aryl methyl sites for hydroxylation is 1. The molecular weight excluding hydrogens is 523 g/mol. The van der Waals surface area contributed by atoms with E-state index in [0.29, 0.717) is 46.0 Å². The van der Waals surface area contributed by atoms with Crippen molar-refractivity contribution in [1.82, 2.24) is 9.97 Å². The molecule has 0 N–H and O–H groups in total. The number of ether oxygens (including phenoxy) is 3. The molecule has 3 aromatic heterocycles. The highest BCUT2D eigenvalue weighted by Crippen LogP contribution is 2.50. The Kier molecular flexibility index (Phi) is 9.59. The minimum Gasteiger partial charge on any atom is -0.493 e. The number of hydrogen-bond acceptors (Lipinski definition) is 10. The number of pyridine rings is 1. The van der Waals surface area contributed by atoms with Gasteiger partial charge in [0.1, 0.15) is 24.7 Å². The fraction of sp³-hybridized carbons (Fsp3) is 0.286. The molecule has 0 aliphatic heterocycles. The van der Waals surface area contributed by atoms with Gasteiger partial charge in [-0.25, -0.2) is 9.97 Å². The molecule has 0 aliphatic carbocycles. The standard InChI is InChI=1S/C28H31N2O8P/c1-5-36-39(31,37-6-2)16-13-22-9-7-14-29-27(22)35-18-21-11-12-24(26(17-21)32-4)34-19-23-20(3)38-28(30-23)25-10-8-15-33-25/h7-17H,5-6,18-19H2,1-4H3/b16-13+. The van der Waals surface area contributed by atoms with E-state index in [4.69, 9.17) is 32.1 Å². The number of benzene rings is 1. The molecule has 4 aromatic rings. The van der Waals surface area contributed by atoms with E-state index in [0.717, 1.165) is 5.56 Å². The van der Waals surface area contributed by atoms with Crippen molar-refractivity contribution in [3.05, 3.63) is 83.3 Å². The highest BCUT2D eigenvalue weighted by molar-refractivity contribution is 7.57. The number of aromatic nitrogens is 2. The first-order valence-electron chi connectivity index (χ1n) is 12.4. The first-order valence-corrected chi connectivity index (χ1v) is 14.0. The Balaban J connectivity index is 1.42. The number of hydrogen-bond donors (Lipinski definition) is 0. The van der Waals surface area contributed by atoms with E-state index in [-0.39, 0.29) is 26.4 Å². The number of furan rings is 1. The zero-order valence-electron chi connectivity index (χ0n) is 22.3. The molecule has 206 valence electrons. The fourth-order valence-electron chi connectivity index (χ4n) is 3.59. The second kappa shape index (κ2) is 13.3. The van der Waals surface area contributed by atoms with Crippen LogP contribution in [0.15, 0.2) is 69.6 Å². The Morgan fingerprint density at radius 2 is 1.82 bits per heavy atom. The van der Waals surface area contributed by atoms with Crippen LogP contribution in [0.2, 0.25) is 0 Å². The molecule has 0 unspecified atom stereocenters. The molecular formula is C28H31N2O8P. The van der Waals surface area contributed by atoms with Crippen LogP contribution in [0, 0.1) is 6.92 Å². The van der Waals surface area contributed by atoms with E-state index in [2.05, 4.69) is 9.97 Å². The van der Waals surface area contributed by atoms with Gasteiger partial charge in [0.2, 0.25) is 5.88 Å². The third kappa shape index (κ3) is 7.38. The topological polar surface area (TPSA) is 115 Å². The summed E-state index contributed by atoms with van der Waals surface area (Å²) in [4.78, 5) is 8.79. The SMILES string of the molecule is CCOP(=O)(/C=C/c1cccnc1OCc1ccc(OCc2nc(-c3ccco3)oc2C)c(OC)c1)OCC. The van der Waals surface area contributed by atoms with Crippen molar-refractivity contribution in [1.29, 1.82) is 0 Å². The molecule has 0 bridgehead atoms. The van der Waals surface area contributed by atoms with Crippen LogP contribution < -0.4 is 14.2 Å². The Labute approximate surface area is 227 Å². The minimum absolute atomic E-state index is 0.194. The highest BCUT2D eigenvalue weighted by Gasteiger charge is 2.19. The summed E-state index contributed by atoms with van der Waals surface area (Å²) < 4.78 is 51.9. The van der Waals surface area contributed by atoms with Gasteiger partial charge in [-0.15, -0.1) is 0 Å². The van der Waals surface area contributed by atoms with E-state index in [9.17, 15) is 4.57 Å². The zero-order chi connectivity index (χ0) is 27.7. The predicted octanol–water partition coefficient (Wildman–Crippen LogP) is 7.04. The normalized spacial score (nSPS) is 11.7. The van der Waals surface area contributed by atoms with Crippen LogP contribution in [-0.4, -0.2) is 30.3 Å². The summed E-state index contributed by atoms with van der Waals surface area (Å²) in [5.74, 6) is 4.48. The van der Waals surface area contributed by atoms with Crippen molar-refractivity contribution in [2.45, 2.75) is 34.0 Å². The van der Waals surface area contributed by atoms with Gasteiger partial charge in [0, 0.05) is 17.6 Å². The average Bonchev–Trinajstić information content (AvgIpc) is 3.60. The lowest BCUT2D eigenvalue weighted by Crippen LogP contribution is -2.02. The van der Waals surface area contributed by atoms with Crippen molar-refractivity contribution in [2.24, 2.45) is 0 Å². The Morgan fingerprint density at radius 1 is 1.00 bits per heavy atom. The molecule has 0 saturated heterocycles. The molecule has 0 atom stereocenters. The second-order valence-electron chi connectivity index (χ2n) is 8.15. The minimum atomic E-state index is -3.35. The van der Waals surface area contributed by atoms with Crippen LogP contribution in [-0.2, 0) is 26.8 Å². The quantitative estimate of drug-likeness (QED) is 0.150. The lowest BCUT2D eigenvalue weighted by Gasteiger charge is -2.14. The maximum atomic E-state index is 12.8. The average molecular weight is 555 g/mol. The third-order valence-electron chi connectivity index (χ3n) is 5.45. The van der Waals surface area contributed by atoms with Gasteiger partial charge >= 0.3 is 7.60 Å². The van der Waals surface area contributed by atoms with Gasteiger partial charge in [-0.1, -0.05) is 6.07 Å². The number of methoxy groups -OCH3 is 1. The van der Waals surface area contributed by atoms with Gasteiger partial charge in [0.25, 0.3) is 5.89 Å². The van der Waals surface area contributed by atoms with Gasteiger partial charge in [-0.2, -0.15) is 0 Å². The first-order chi connectivity index (χ1) is 18.9. The summed E-state index contributed by atoms with van der Waals surface area (Å²) in [5.41, 5.74) is 2.14. The smallest absolute Gasteiger partial charge is 0.354 e. The Bertz CT molecular complexity index is 1420. The van der Waals surface area contributed by atoms with Crippen molar-refractivity contribution < 1.29 is 36.7 Å². The van der Waals surface area contributed by atoms with Crippen LogP contribution in [0.4, 0.5) is 0 Å². The van der Waals surface area contributed by atoms with Crippen LogP contribution in [0.1, 0.15) is 36.4 Å². The fourth-order valence-corrected chi connectivity index (χ4v) is 4.90. The largest absolute Gasteiger partial charge is 0.493 e. The lowest BCUT2D eigenvalue weighted by molar-refractivity contribution is 0.229. The Hall–Kier alpha value is -3.85. The molecule has 0 fully saturated rings. The molecule has 0 radical (unpaired) electrons. The van der Waals surface area contributed by atoms with Crippen LogP contribution in [0.25, 0.3) is 17.7 Å². The highest BCUT2D eigenvalue weighted by atomic mass is 31.2. The summed E-state index contributed by atoms with van der Waals surface area (Å²) in [6.45, 7) is 6.29. The van der Waals surface area contributed by atoms with Gasteiger partial charge in [0.05, 0.1) is 26.6 Å². The van der Waals surface area contributed by atoms with Gasteiger partial charge in [-0.3, -0.25) is 4.57 Å². The lowest BCUT2D eigenvalue weighted by atomic mass is 10.2. The van der Waals surface area contributed by atoms with Gasteiger partial charge in [-0.05, 0) is 68.8 Å². The van der Waals surface area contributed by atoms with E-state index < -0.39 is 7.60 Å². The summed E-state index contributed by atoms with van der Waals surface area (Å²) in [6.07, 6.45) is 4.82. The zero-order valence-corrected chi connectivity index (χ0v) is 23.2. The summed E-state index contributed by atoms with van der Waals surface area (Å²) in [5, 5.41) is 0. The molecule has 39 heavy (non-hydrogen) atoms. The van der Waals surface area contributed by atoms with Crippen molar-refractivity contribution in [2.75, 3.05) is 20.3 Å². The van der Waals surface area contributed by atoms with E-state index in [1.54, 1.807) is 63.8 Å². The van der Waals surface area contributed by atoms with Crippen molar-refractivity contribution in [3.8, 4) is 29.0 Å². The molecule has 11 heteroatoms. The molecule has 10 nitrogen and oxygen atoms in total.